The van der Waals surface area contributed by atoms with E-state index in [-0.39, 0.29) is 37.5 Å². The molecule has 0 rings (SSSR count). The number of carbonyl (C=O) groups is 3. The van der Waals surface area contributed by atoms with Crippen molar-refractivity contribution in [3.05, 3.63) is 85.1 Å². The predicted octanol–water partition coefficient (Wildman–Crippen LogP) is 16.4. The van der Waals surface area contributed by atoms with Crippen molar-refractivity contribution in [1.29, 1.82) is 0 Å². The third-order valence-electron chi connectivity index (χ3n) is 10.5. The van der Waals surface area contributed by atoms with E-state index >= 15 is 0 Å². The number of allylic oxidation sites excluding steroid dienone is 14. The van der Waals surface area contributed by atoms with Crippen LogP contribution in [-0.2, 0) is 28.6 Å². The number of esters is 3. The summed E-state index contributed by atoms with van der Waals surface area (Å²) >= 11 is 0. The zero-order valence-corrected chi connectivity index (χ0v) is 39.7. The van der Waals surface area contributed by atoms with Gasteiger partial charge in [-0.1, -0.05) is 209 Å². The first-order valence-electron chi connectivity index (χ1n) is 25.2. The SMILES string of the molecule is CC/C=C/C=C/C=C/C=C/C=C/CCCC(=O)OC(COC(=O)CCCCC/C=C/CCCCCCCC)COC(=O)CCCCCCCCC/C=C/CCCCCCCC. The predicted molar refractivity (Wildman–Crippen MR) is 261 cm³/mol. The summed E-state index contributed by atoms with van der Waals surface area (Å²) in [6, 6.07) is 0. The van der Waals surface area contributed by atoms with E-state index in [4.69, 9.17) is 14.2 Å². The fourth-order valence-corrected chi connectivity index (χ4v) is 6.70. The second-order valence-corrected chi connectivity index (χ2v) is 16.5. The molecule has 0 bridgehead atoms. The van der Waals surface area contributed by atoms with Crippen molar-refractivity contribution in [2.75, 3.05) is 13.2 Å². The minimum atomic E-state index is -0.820. The molecule has 348 valence electrons. The average Bonchev–Trinajstić information content (AvgIpc) is 3.26. The summed E-state index contributed by atoms with van der Waals surface area (Å²) in [5.74, 6) is -1.01. The van der Waals surface area contributed by atoms with Gasteiger partial charge in [-0.3, -0.25) is 14.4 Å². The monoisotopic (exact) mass is 849 g/mol. The number of hydrogen-bond donors (Lipinski definition) is 0. The van der Waals surface area contributed by atoms with Crippen LogP contribution >= 0.6 is 0 Å². The Balaban J connectivity index is 4.48. The number of rotatable bonds is 44. The molecule has 0 aromatic carbocycles. The van der Waals surface area contributed by atoms with Gasteiger partial charge in [0.05, 0.1) is 0 Å². The van der Waals surface area contributed by atoms with Gasteiger partial charge < -0.3 is 14.2 Å². The summed E-state index contributed by atoms with van der Waals surface area (Å²) in [5, 5.41) is 0. The molecule has 0 amide bonds. The van der Waals surface area contributed by atoms with Gasteiger partial charge in [-0.15, -0.1) is 0 Å². The van der Waals surface area contributed by atoms with Crippen LogP contribution < -0.4 is 0 Å². The maximum absolute atomic E-state index is 12.7. The van der Waals surface area contributed by atoms with Crippen LogP contribution in [0.25, 0.3) is 0 Å². The Morgan fingerprint density at radius 3 is 1.10 bits per heavy atom. The van der Waals surface area contributed by atoms with Crippen molar-refractivity contribution in [2.24, 2.45) is 0 Å². The Kier molecular flexibility index (Phi) is 46.5. The second kappa shape index (κ2) is 49.2. The maximum atomic E-state index is 12.7. The van der Waals surface area contributed by atoms with Crippen molar-refractivity contribution in [3.8, 4) is 0 Å². The topological polar surface area (TPSA) is 78.9 Å². The van der Waals surface area contributed by atoms with Gasteiger partial charge in [0, 0.05) is 19.3 Å². The molecule has 0 aliphatic heterocycles. The van der Waals surface area contributed by atoms with Crippen LogP contribution in [0.5, 0.6) is 0 Å². The summed E-state index contributed by atoms with van der Waals surface area (Å²) in [7, 11) is 0. The van der Waals surface area contributed by atoms with Gasteiger partial charge in [0.1, 0.15) is 13.2 Å². The van der Waals surface area contributed by atoms with Crippen molar-refractivity contribution in [2.45, 2.75) is 232 Å². The van der Waals surface area contributed by atoms with Crippen LogP contribution in [0.2, 0.25) is 0 Å². The highest BCUT2D eigenvalue weighted by Crippen LogP contribution is 2.13. The molecule has 1 atom stereocenters. The lowest BCUT2D eigenvalue weighted by Crippen LogP contribution is -2.30. The normalized spacial score (nSPS) is 12.8. The Morgan fingerprint density at radius 1 is 0.344 bits per heavy atom. The minimum absolute atomic E-state index is 0.112. The average molecular weight is 849 g/mol. The first-order valence-corrected chi connectivity index (χ1v) is 25.2. The molecule has 6 heteroatoms. The van der Waals surface area contributed by atoms with E-state index in [0.29, 0.717) is 19.3 Å². The molecule has 0 spiro atoms. The van der Waals surface area contributed by atoms with Crippen LogP contribution in [0.3, 0.4) is 0 Å². The molecule has 0 aromatic rings. The van der Waals surface area contributed by atoms with E-state index in [0.717, 1.165) is 64.2 Å². The molecule has 0 fully saturated rings. The third-order valence-corrected chi connectivity index (χ3v) is 10.5. The van der Waals surface area contributed by atoms with Crippen LogP contribution in [-0.4, -0.2) is 37.2 Å². The van der Waals surface area contributed by atoms with Gasteiger partial charge in [-0.2, -0.15) is 0 Å². The van der Waals surface area contributed by atoms with Gasteiger partial charge in [-0.25, -0.2) is 0 Å². The molecule has 0 aliphatic carbocycles. The minimum Gasteiger partial charge on any atom is -0.462 e. The lowest BCUT2D eigenvalue weighted by molar-refractivity contribution is -0.167. The van der Waals surface area contributed by atoms with Crippen molar-refractivity contribution in [3.63, 3.8) is 0 Å². The first kappa shape index (κ1) is 57.6. The molecule has 0 N–H and O–H groups in total. The summed E-state index contributed by atoms with van der Waals surface area (Å²) < 4.78 is 16.7. The molecule has 0 aromatic heterocycles. The Labute approximate surface area is 375 Å². The third kappa shape index (κ3) is 47.5. The number of ether oxygens (including phenoxy) is 3. The highest BCUT2D eigenvalue weighted by molar-refractivity contribution is 5.71. The summed E-state index contributed by atoms with van der Waals surface area (Å²) in [4.78, 5) is 37.9. The summed E-state index contributed by atoms with van der Waals surface area (Å²) in [5.41, 5.74) is 0. The number of hydrogen-bond acceptors (Lipinski definition) is 6. The molecule has 0 aliphatic rings. The van der Waals surface area contributed by atoms with E-state index in [9.17, 15) is 14.4 Å². The van der Waals surface area contributed by atoms with E-state index < -0.39 is 6.10 Å². The zero-order valence-electron chi connectivity index (χ0n) is 39.7. The molecule has 0 saturated carbocycles. The molecule has 0 saturated heterocycles. The molecular formula is C55H92O6. The van der Waals surface area contributed by atoms with Gasteiger partial charge in [0.2, 0.25) is 0 Å². The van der Waals surface area contributed by atoms with Gasteiger partial charge in [0.15, 0.2) is 6.10 Å². The van der Waals surface area contributed by atoms with Crippen LogP contribution in [0, 0.1) is 0 Å². The van der Waals surface area contributed by atoms with Gasteiger partial charge >= 0.3 is 17.9 Å². The largest absolute Gasteiger partial charge is 0.462 e. The fraction of sp³-hybridized carbons (Fsp3) is 0.691. The van der Waals surface area contributed by atoms with Gasteiger partial charge in [-0.05, 0) is 83.5 Å². The number of carbonyl (C=O) groups excluding carboxylic acids is 3. The van der Waals surface area contributed by atoms with Crippen molar-refractivity contribution < 1.29 is 28.6 Å². The highest BCUT2D eigenvalue weighted by atomic mass is 16.6. The second-order valence-electron chi connectivity index (χ2n) is 16.5. The van der Waals surface area contributed by atoms with Crippen LogP contribution in [0.4, 0.5) is 0 Å². The Morgan fingerprint density at radius 2 is 0.672 bits per heavy atom. The molecule has 0 heterocycles. The Hall–Kier alpha value is -3.41. The van der Waals surface area contributed by atoms with Crippen LogP contribution in [0.1, 0.15) is 226 Å². The summed E-state index contributed by atoms with van der Waals surface area (Å²) in [6.07, 6.45) is 62.9. The van der Waals surface area contributed by atoms with E-state index in [1.807, 2.05) is 54.7 Å². The smallest absolute Gasteiger partial charge is 0.306 e. The van der Waals surface area contributed by atoms with E-state index in [1.165, 1.54) is 116 Å². The van der Waals surface area contributed by atoms with Crippen LogP contribution in [0.15, 0.2) is 85.1 Å². The van der Waals surface area contributed by atoms with Crippen molar-refractivity contribution in [1.82, 2.24) is 0 Å². The molecule has 61 heavy (non-hydrogen) atoms. The number of unbranched alkanes of at least 4 members (excludes halogenated alkanes) is 23. The molecule has 0 radical (unpaired) electrons. The maximum Gasteiger partial charge on any atom is 0.306 e. The molecule has 6 nitrogen and oxygen atoms in total. The van der Waals surface area contributed by atoms with E-state index in [1.54, 1.807) is 0 Å². The fourth-order valence-electron chi connectivity index (χ4n) is 6.70. The van der Waals surface area contributed by atoms with Crippen molar-refractivity contribution >= 4 is 17.9 Å². The molecule has 1 unspecified atom stereocenters. The highest BCUT2D eigenvalue weighted by Gasteiger charge is 2.19. The lowest BCUT2D eigenvalue weighted by atomic mass is 10.1. The lowest BCUT2D eigenvalue weighted by Gasteiger charge is -2.18. The van der Waals surface area contributed by atoms with Gasteiger partial charge in [0.25, 0.3) is 0 Å². The van der Waals surface area contributed by atoms with E-state index in [2.05, 4.69) is 51.2 Å². The standard InChI is InChI=1S/C55H92O6/c1-4-7-10-13-16-19-22-25-26-27-28-31-33-36-39-42-45-48-54(57)60-51-52(61-55(58)49-46-43-40-37-34-30-24-21-18-15-12-9-6-3)50-59-53(56)47-44-41-38-35-32-29-23-20-17-14-11-8-5-2/h9,12,15,18,21,24-26,29-30,32,34,37,40,52H,4-8,10-11,13-14,16-17,19-20,22-23,27-28,31,33,35-36,38-39,41-51H2,1-3H3/b12-9+,18-15+,24-21+,26-25+,32-29+,34-30+,40-37+. The Bertz CT molecular complexity index is 1200. The molecular weight excluding hydrogens is 757 g/mol. The zero-order chi connectivity index (χ0) is 44.4. The quantitative estimate of drug-likeness (QED) is 0.0200. The first-order chi connectivity index (χ1) is 30.0. The summed E-state index contributed by atoms with van der Waals surface area (Å²) in [6.45, 7) is 6.39.